The van der Waals surface area contributed by atoms with E-state index in [1.165, 1.54) is 23.9 Å². The number of fused-ring (bicyclic) bond motifs is 3. The number of aromatic nitrogens is 6. The van der Waals surface area contributed by atoms with Crippen molar-refractivity contribution < 1.29 is 9.18 Å². The summed E-state index contributed by atoms with van der Waals surface area (Å²) in [7, 11) is 0. The maximum atomic E-state index is 13.2. The van der Waals surface area contributed by atoms with E-state index >= 15 is 0 Å². The molecule has 36 heavy (non-hydrogen) atoms. The number of thioether (sulfide) groups is 1. The first kappa shape index (κ1) is 23.9. The van der Waals surface area contributed by atoms with E-state index in [0.717, 1.165) is 22.3 Å². The van der Waals surface area contributed by atoms with E-state index in [1.54, 1.807) is 16.6 Å². The van der Waals surface area contributed by atoms with Crippen molar-refractivity contribution in [1.29, 1.82) is 0 Å². The van der Waals surface area contributed by atoms with Gasteiger partial charge in [0.2, 0.25) is 5.91 Å². The summed E-state index contributed by atoms with van der Waals surface area (Å²) in [5.41, 5.74) is 4.12. The first-order valence-corrected chi connectivity index (χ1v) is 12.7. The molecule has 1 amide bonds. The lowest BCUT2D eigenvalue weighted by atomic mass is 10.2. The molecule has 1 N–H and O–H groups in total. The van der Waals surface area contributed by atoms with Crippen LogP contribution in [0.3, 0.4) is 0 Å². The van der Waals surface area contributed by atoms with E-state index < -0.39 is 5.25 Å². The summed E-state index contributed by atoms with van der Waals surface area (Å²) in [5, 5.41) is 13.2. The number of carbonyl (C=O) groups is 1. The molecule has 0 saturated carbocycles. The minimum atomic E-state index is -0.422. The molecule has 0 unspecified atom stereocenters. The Balaban J connectivity index is 1.45. The number of nitrogens with zero attached hydrogens (tertiary/aromatic N) is 6. The number of rotatable bonds is 8. The van der Waals surface area contributed by atoms with E-state index in [9.17, 15) is 9.18 Å². The van der Waals surface area contributed by atoms with Gasteiger partial charge in [-0.1, -0.05) is 30.8 Å². The number of para-hydroxylation sites is 1. The van der Waals surface area contributed by atoms with Crippen LogP contribution in [0.5, 0.6) is 0 Å². The maximum Gasteiger partial charge on any atom is 0.237 e. The van der Waals surface area contributed by atoms with Crippen LogP contribution in [0, 0.1) is 19.7 Å². The second kappa shape index (κ2) is 10.1. The van der Waals surface area contributed by atoms with Crippen molar-refractivity contribution in [1.82, 2.24) is 29.4 Å². The number of amides is 1. The SMILES string of the molecule is CC[C@H](Sc1nc2ccccc2c2nc(CCn3nc(C)cc3C)nn12)C(=O)Nc1ccc(F)cc1. The van der Waals surface area contributed by atoms with Gasteiger partial charge in [0.1, 0.15) is 5.82 Å². The fourth-order valence-electron chi connectivity index (χ4n) is 4.07. The number of nitrogens with one attached hydrogen (secondary N) is 1. The zero-order valence-corrected chi connectivity index (χ0v) is 21.1. The van der Waals surface area contributed by atoms with E-state index in [4.69, 9.17) is 15.1 Å². The van der Waals surface area contributed by atoms with Crippen molar-refractivity contribution in [3.8, 4) is 0 Å². The number of hydrogen-bond acceptors (Lipinski definition) is 6. The van der Waals surface area contributed by atoms with Gasteiger partial charge in [0.05, 0.1) is 16.5 Å². The molecule has 3 heterocycles. The van der Waals surface area contributed by atoms with Crippen LogP contribution in [0.25, 0.3) is 16.6 Å². The number of halogens is 1. The van der Waals surface area contributed by atoms with E-state index in [2.05, 4.69) is 10.4 Å². The molecule has 0 spiro atoms. The van der Waals surface area contributed by atoms with E-state index in [1.807, 2.05) is 55.8 Å². The van der Waals surface area contributed by atoms with Crippen molar-refractivity contribution in [2.24, 2.45) is 0 Å². The third-order valence-corrected chi connectivity index (χ3v) is 7.17. The molecular weight excluding hydrogens is 477 g/mol. The number of hydrogen-bond donors (Lipinski definition) is 1. The van der Waals surface area contributed by atoms with Crippen LogP contribution in [0.4, 0.5) is 10.1 Å². The largest absolute Gasteiger partial charge is 0.325 e. The van der Waals surface area contributed by atoms with Gasteiger partial charge in [-0.05, 0) is 62.7 Å². The van der Waals surface area contributed by atoms with Gasteiger partial charge in [-0.25, -0.2) is 14.4 Å². The summed E-state index contributed by atoms with van der Waals surface area (Å²) in [5.74, 6) is 0.158. The Bertz CT molecular complexity index is 1540. The van der Waals surface area contributed by atoms with Crippen molar-refractivity contribution >= 4 is 39.9 Å². The molecule has 0 aliphatic rings. The minimum absolute atomic E-state index is 0.179. The third-order valence-electron chi connectivity index (χ3n) is 5.87. The Hall–Kier alpha value is -3.79. The van der Waals surface area contributed by atoms with E-state index in [-0.39, 0.29) is 11.7 Å². The number of aryl methyl sites for hydroxylation is 4. The van der Waals surface area contributed by atoms with Gasteiger partial charge in [0.25, 0.3) is 0 Å². The summed E-state index contributed by atoms with van der Waals surface area (Å²) in [4.78, 5) is 22.7. The zero-order chi connectivity index (χ0) is 25.2. The van der Waals surface area contributed by atoms with Gasteiger partial charge < -0.3 is 5.32 Å². The predicted octanol–water partition coefficient (Wildman–Crippen LogP) is 4.98. The van der Waals surface area contributed by atoms with Crippen molar-refractivity contribution in [3.05, 3.63) is 77.6 Å². The standard InChI is InChI=1S/C26H26FN7OS/c1-4-22(25(35)28-19-11-9-18(27)10-12-19)36-26-29-21-8-6-5-7-20(21)24-30-23(32-34(24)26)13-14-33-17(3)15-16(2)31-33/h5-12,15,22H,4,13-14H2,1-3H3,(H,28,35)/t22-/m0/s1. The highest BCUT2D eigenvalue weighted by molar-refractivity contribution is 8.00. The Labute approximate surface area is 211 Å². The fourth-order valence-corrected chi connectivity index (χ4v) is 5.03. The highest BCUT2D eigenvalue weighted by Crippen LogP contribution is 2.29. The van der Waals surface area contributed by atoms with E-state index in [0.29, 0.717) is 41.7 Å². The smallest absolute Gasteiger partial charge is 0.237 e. The molecule has 0 saturated heterocycles. The first-order chi connectivity index (χ1) is 17.4. The molecule has 3 aromatic heterocycles. The topological polar surface area (TPSA) is 90.0 Å². The highest BCUT2D eigenvalue weighted by Gasteiger charge is 2.23. The fraction of sp³-hybridized carbons (Fsp3) is 0.269. The van der Waals surface area contributed by atoms with Crippen LogP contribution < -0.4 is 5.32 Å². The predicted molar refractivity (Wildman–Crippen MR) is 139 cm³/mol. The number of carbonyl (C=O) groups excluding carboxylic acids is 1. The van der Waals surface area contributed by atoms with Crippen molar-refractivity contribution in [2.75, 3.05) is 5.32 Å². The zero-order valence-electron chi connectivity index (χ0n) is 20.3. The van der Waals surface area contributed by atoms with Crippen LogP contribution in [0.15, 0.2) is 59.8 Å². The molecule has 2 aromatic carbocycles. The number of anilines is 1. The van der Waals surface area contributed by atoms with Gasteiger partial charge >= 0.3 is 0 Å². The molecule has 0 aliphatic carbocycles. The quantitative estimate of drug-likeness (QED) is 0.237. The second-order valence-electron chi connectivity index (χ2n) is 8.59. The summed E-state index contributed by atoms with van der Waals surface area (Å²) >= 11 is 1.34. The van der Waals surface area contributed by atoms with Crippen molar-refractivity contribution in [2.45, 2.75) is 50.6 Å². The van der Waals surface area contributed by atoms with Gasteiger partial charge in [-0.15, -0.1) is 5.10 Å². The van der Waals surface area contributed by atoms with Gasteiger partial charge in [0.15, 0.2) is 16.6 Å². The summed E-state index contributed by atoms with van der Waals surface area (Å²) in [6.45, 7) is 6.62. The average molecular weight is 504 g/mol. The van der Waals surface area contributed by atoms with Crippen LogP contribution in [0.2, 0.25) is 0 Å². The van der Waals surface area contributed by atoms with Gasteiger partial charge in [-0.2, -0.15) is 9.61 Å². The molecule has 8 nitrogen and oxygen atoms in total. The molecule has 184 valence electrons. The Kier molecular flexibility index (Phi) is 6.69. The van der Waals surface area contributed by atoms with Crippen LogP contribution in [0.1, 0.15) is 30.6 Å². The summed E-state index contributed by atoms with van der Waals surface area (Å²) in [6.07, 6.45) is 1.19. The lowest BCUT2D eigenvalue weighted by Gasteiger charge is -2.15. The lowest BCUT2D eigenvalue weighted by molar-refractivity contribution is -0.115. The van der Waals surface area contributed by atoms with Gasteiger partial charge in [-0.3, -0.25) is 9.48 Å². The maximum absolute atomic E-state index is 13.2. The average Bonchev–Trinajstić information content (AvgIpc) is 3.44. The molecule has 0 bridgehead atoms. The lowest BCUT2D eigenvalue weighted by Crippen LogP contribution is -2.25. The monoisotopic (exact) mass is 503 g/mol. The van der Waals surface area contributed by atoms with Crippen LogP contribution >= 0.6 is 11.8 Å². The summed E-state index contributed by atoms with van der Waals surface area (Å²) < 4.78 is 16.9. The molecule has 5 rings (SSSR count). The molecule has 0 aliphatic heterocycles. The normalized spacial score (nSPS) is 12.3. The van der Waals surface area contributed by atoms with Crippen molar-refractivity contribution in [3.63, 3.8) is 0 Å². The van der Waals surface area contributed by atoms with Crippen LogP contribution in [-0.2, 0) is 17.8 Å². The molecular formula is C26H26FN7OS. The van der Waals surface area contributed by atoms with Gasteiger partial charge in [0, 0.05) is 29.7 Å². The third kappa shape index (κ3) is 4.94. The molecule has 5 aromatic rings. The minimum Gasteiger partial charge on any atom is -0.325 e. The Morgan fingerprint density at radius 3 is 2.58 bits per heavy atom. The summed E-state index contributed by atoms with van der Waals surface area (Å²) in [6, 6.07) is 15.6. The second-order valence-corrected chi connectivity index (χ2v) is 9.76. The molecule has 1 atom stereocenters. The molecule has 10 heteroatoms. The number of benzene rings is 2. The van der Waals surface area contributed by atoms with Crippen LogP contribution in [-0.4, -0.2) is 40.5 Å². The first-order valence-electron chi connectivity index (χ1n) is 11.8. The Morgan fingerprint density at radius 2 is 1.86 bits per heavy atom. The molecule has 0 radical (unpaired) electrons. The highest BCUT2D eigenvalue weighted by atomic mass is 32.2. The molecule has 0 fully saturated rings. The Morgan fingerprint density at radius 1 is 1.08 bits per heavy atom.